The molecule has 5 N–H and O–H groups in total. The highest BCUT2D eigenvalue weighted by atomic mass is 33.1. The summed E-state index contributed by atoms with van der Waals surface area (Å²) in [5.41, 5.74) is 4.58. The first-order valence-electron chi connectivity index (χ1n) is 24.1. The van der Waals surface area contributed by atoms with E-state index >= 15 is 0 Å². The maximum Gasteiger partial charge on any atom is 0.159 e. The third kappa shape index (κ3) is 5.61. The molecule has 15 atom stereocenters. The van der Waals surface area contributed by atoms with E-state index in [1.165, 1.54) is 44.9 Å². The third-order valence-electron chi connectivity index (χ3n) is 20.1. The number of aliphatic hydroxyl groups is 5. The quantitative estimate of drug-likeness (QED) is 0.147. The number of allylic oxidation sites excluding steroid dienone is 3. The number of fused-ring (bicyclic) bond motifs is 14. The van der Waals surface area contributed by atoms with Crippen LogP contribution in [0.4, 0.5) is 0 Å². The minimum atomic E-state index is -1.43. The van der Waals surface area contributed by atoms with Crippen LogP contribution in [0.5, 0.6) is 0 Å². The van der Waals surface area contributed by atoms with Crippen LogP contribution in [0.2, 0.25) is 0 Å². The predicted octanol–water partition coefficient (Wildman–Crippen LogP) is 8.40. The Bertz CT molecular complexity index is 1990. The zero-order chi connectivity index (χ0) is 41.6. The highest BCUT2D eigenvalue weighted by Gasteiger charge is 2.73. The molecule has 7 fully saturated rings. The lowest BCUT2D eigenvalue weighted by Crippen LogP contribution is -2.65. The van der Waals surface area contributed by atoms with Crippen LogP contribution in [-0.4, -0.2) is 82.9 Å². The molecule has 1 saturated heterocycles. The number of carbonyl (C=O) groups excluding carboxylic acids is 1. The van der Waals surface area contributed by atoms with Crippen LogP contribution in [0.15, 0.2) is 52.7 Å². The lowest BCUT2D eigenvalue weighted by molar-refractivity contribution is -0.172. The van der Waals surface area contributed by atoms with Crippen LogP contribution < -0.4 is 0 Å². The van der Waals surface area contributed by atoms with Crippen molar-refractivity contribution in [3.8, 4) is 0 Å². The molecule has 9 aliphatic carbocycles. The van der Waals surface area contributed by atoms with Gasteiger partial charge in [-0.3, -0.25) is 4.79 Å². The summed E-state index contributed by atoms with van der Waals surface area (Å²) in [6, 6.07) is 0.200. The first kappa shape index (κ1) is 41.3. The minimum Gasteiger partial charge on any atom is -0.396 e. The van der Waals surface area contributed by atoms with Gasteiger partial charge in [0.2, 0.25) is 0 Å². The minimum absolute atomic E-state index is 0.0419. The van der Waals surface area contributed by atoms with Gasteiger partial charge in [0.25, 0.3) is 0 Å². The van der Waals surface area contributed by atoms with E-state index in [2.05, 4.69) is 36.5 Å². The van der Waals surface area contributed by atoms with E-state index in [9.17, 15) is 30.3 Å². The van der Waals surface area contributed by atoms with E-state index in [4.69, 9.17) is 0 Å². The van der Waals surface area contributed by atoms with Gasteiger partial charge >= 0.3 is 0 Å². The Morgan fingerprint density at radius 1 is 0.867 bits per heavy atom. The topological polar surface area (TPSA) is 136 Å². The van der Waals surface area contributed by atoms with Crippen LogP contribution in [-0.2, 0) is 4.79 Å². The number of hydrogen-bond acceptors (Lipinski definition) is 9. The maximum absolute atomic E-state index is 14.3. The molecule has 1 aromatic rings. The summed E-state index contributed by atoms with van der Waals surface area (Å²) >= 11 is 0. The SMILES string of the molecule is CC1(C)CC(n2ccnc2)CSSCC2CC(C3CC4CCCC5=C4C(C1=C1CCCC4(CCCC4)C51)C3O)C1(CO)CCC3C(=CC(=O)C4CC(O)C(O)CC43C)C21O. The Hall–Kier alpha value is -1.40. The van der Waals surface area contributed by atoms with Gasteiger partial charge in [0.1, 0.15) is 0 Å². The van der Waals surface area contributed by atoms with Crippen molar-refractivity contribution >= 4 is 27.4 Å². The highest BCUT2D eigenvalue weighted by Crippen LogP contribution is 2.73. The number of hydrogen-bond donors (Lipinski definition) is 5. The van der Waals surface area contributed by atoms with Crippen molar-refractivity contribution in [3.05, 3.63) is 52.7 Å². The molecule has 0 radical (unpaired) electrons. The van der Waals surface area contributed by atoms with Gasteiger partial charge < -0.3 is 30.1 Å². The molecular formula is C50H70N2O6S2. The van der Waals surface area contributed by atoms with Crippen molar-refractivity contribution in [1.29, 1.82) is 0 Å². The van der Waals surface area contributed by atoms with E-state index in [1.807, 2.05) is 34.1 Å². The lowest BCUT2D eigenvalue weighted by Gasteiger charge is -2.62. The molecule has 2 heterocycles. The summed E-state index contributed by atoms with van der Waals surface area (Å²) in [6.45, 7) is 6.93. The number of aromatic nitrogens is 2. The van der Waals surface area contributed by atoms with E-state index in [1.54, 1.807) is 28.4 Å². The molecule has 6 saturated carbocycles. The molecule has 328 valence electrons. The molecule has 4 bridgehead atoms. The molecule has 1 aliphatic heterocycles. The van der Waals surface area contributed by atoms with Gasteiger partial charge in [0, 0.05) is 59.0 Å². The molecule has 0 aromatic carbocycles. The third-order valence-corrected chi connectivity index (χ3v) is 22.6. The molecule has 1 spiro atoms. The fourth-order valence-electron chi connectivity index (χ4n) is 17.8. The number of carbonyl (C=O) groups is 1. The van der Waals surface area contributed by atoms with Gasteiger partial charge in [0.05, 0.1) is 36.8 Å². The number of imidazole rings is 1. The lowest BCUT2D eigenvalue weighted by atomic mass is 9.43. The van der Waals surface area contributed by atoms with E-state index in [0.717, 1.165) is 43.4 Å². The van der Waals surface area contributed by atoms with Crippen molar-refractivity contribution in [3.63, 3.8) is 0 Å². The molecular weight excluding hydrogens is 789 g/mol. The van der Waals surface area contributed by atoms with E-state index in [-0.39, 0.29) is 59.9 Å². The maximum atomic E-state index is 14.3. The van der Waals surface area contributed by atoms with Crippen molar-refractivity contribution < 1.29 is 30.3 Å². The van der Waals surface area contributed by atoms with Crippen molar-refractivity contribution in [1.82, 2.24) is 9.55 Å². The summed E-state index contributed by atoms with van der Waals surface area (Å²) in [5.74, 6) is 1.44. The summed E-state index contributed by atoms with van der Waals surface area (Å²) < 4.78 is 2.31. The van der Waals surface area contributed by atoms with Gasteiger partial charge in [-0.1, -0.05) is 77.5 Å². The average molecular weight is 859 g/mol. The standard InChI is InChI=1S/C50H70N2O6S2/c1-46(2)22-30(52-17-16-51-27-52)25-60-59-24-29-19-35(49(26-53)15-11-34-36(50(29,49)58)20-38(54)37-21-39(55)40(56)23-47(34,37)3)33-18-28-8-6-9-31-41(28)42(45(33)57)44(46)32-10-7-14-48(43(31)32)12-4-5-13-48/h16-17,20,27-30,33-35,37,39-40,42-43,45,53,55-58H,4-15,18-19,21-26H2,1-3H3. The van der Waals surface area contributed by atoms with Crippen molar-refractivity contribution in [2.45, 2.75) is 160 Å². The molecule has 11 rings (SSSR count). The highest BCUT2D eigenvalue weighted by molar-refractivity contribution is 8.76. The number of rotatable bonds is 2. The van der Waals surface area contributed by atoms with Crippen molar-refractivity contribution in [2.24, 2.45) is 69.0 Å². The van der Waals surface area contributed by atoms with Gasteiger partial charge in [0.15, 0.2) is 5.78 Å². The first-order chi connectivity index (χ1) is 28.8. The number of ketones is 1. The van der Waals surface area contributed by atoms with Crippen LogP contribution in [0, 0.1) is 69.0 Å². The smallest absolute Gasteiger partial charge is 0.159 e. The van der Waals surface area contributed by atoms with Crippen LogP contribution >= 0.6 is 21.6 Å². The Morgan fingerprint density at radius 3 is 2.40 bits per heavy atom. The van der Waals surface area contributed by atoms with E-state index < -0.39 is 40.7 Å². The molecule has 10 aliphatic rings. The summed E-state index contributed by atoms with van der Waals surface area (Å²) in [7, 11) is 3.71. The fourth-order valence-corrected chi connectivity index (χ4v) is 20.6. The Labute approximate surface area is 365 Å². The molecule has 15 unspecified atom stereocenters. The van der Waals surface area contributed by atoms with Crippen LogP contribution in [0.1, 0.15) is 136 Å². The molecule has 1 aromatic heterocycles. The Morgan fingerprint density at radius 2 is 1.63 bits per heavy atom. The molecule has 60 heavy (non-hydrogen) atoms. The molecule has 8 nitrogen and oxygen atoms in total. The number of aliphatic hydroxyl groups excluding tert-OH is 4. The molecule has 0 amide bonds. The largest absolute Gasteiger partial charge is 0.396 e. The number of nitrogens with zero attached hydrogens (tertiary/aromatic N) is 2. The van der Waals surface area contributed by atoms with Gasteiger partial charge in [-0.15, -0.1) is 0 Å². The van der Waals surface area contributed by atoms with Gasteiger partial charge in [-0.05, 0) is 148 Å². The molecule has 10 heteroatoms. The second-order valence-electron chi connectivity index (χ2n) is 22.9. The second-order valence-corrected chi connectivity index (χ2v) is 25.5. The first-order valence-corrected chi connectivity index (χ1v) is 26.6. The van der Waals surface area contributed by atoms with Gasteiger partial charge in [-0.25, -0.2) is 4.98 Å². The summed E-state index contributed by atoms with van der Waals surface area (Å²) in [4.78, 5) is 18.9. The predicted molar refractivity (Wildman–Crippen MR) is 237 cm³/mol. The zero-order valence-corrected chi connectivity index (χ0v) is 37.9. The van der Waals surface area contributed by atoms with Crippen molar-refractivity contribution in [2.75, 3.05) is 18.1 Å². The van der Waals surface area contributed by atoms with Gasteiger partial charge in [-0.2, -0.15) is 0 Å². The summed E-state index contributed by atoms with van der Waals surface area (Å²) in [5, 5.41) is 61.6. The Kier molecular flexibility index (Phi) is 10.0. The zero-order valence-electron chi connectivity index (χ0n) is 36.2. The van der Waals surface area contributed by atoms with Crippen LogP contribution in [0.3, 0.4) is 0 Å². The fraction of sp³-hybridized carbons (Fsp3) is 0.800. The normalized spacial score (nSPS) is 48.1. The van der Waals surface area contributed by atoms with E-state index in [0.29, 0.717) is 48.7 Å². The summed E-state index contributed by atoms with van der Waals surface area (Å²) in [6.07, 6.45) is 22.3. The second kappa shape index (κ2) is 14.6. The average Bonchev–Trinajstić information content (AvgIpc) is 3.98. The Balaban J connectivity index is 1.08. The monoisotopic (exact) mass is 858 g/mol. The van der Waals surface area contributed by atoms with Crippen LogP contribution in [0.25, 0.3) is 0 Å².